The molecule has 0 N–H and O–H groups in total. The van der Waals surface area contributed by atoms with Gasteiger partial charge in [-0.3, -0.25) is 4.90 Å². The molecule has 0 aromatic heterocycles. The van der Waals surface area contributed by atoms with Crippen LogP contribution in [0.25, 0.3) is 0 Å². The zero-order valence-corrected chi connectivity index (χ0v) is 13.8. The summed E-state index contributed by atoms with van der Waals surface area (Å²) in [7, 11) is 0. The number of hydrogen-bond acceptors (Lipinski definition) is 3. The van der Waals surface area contributed by atoms with Crippen LogP contribution in [0.5, 0.6) is 0 Å². The van der Waals surface area contributed by atoms with E-state index >= 15 is 0 Å². The van der Waals surface area contributed by atoms with Crippen LogP contribution >= 0.6 is 0 Å². The Balaban J connectivity index is 1.51. The number of rotatable bonds is 2. The van der Waals surface area contributed by atoms with Gasteiger partial charge >= 0.3 is 6.09 Å². The van der Waals surface area contributed by atoms with Crippen LogP contribution in [-0.2, 0) is 11.3 Å². The summed E-state index contributed by atoms with van der Waals surface area (Å²) < 4.78 is 5.48. The van der Waals surface area contributed by atoms with Crippen molar-refractivity contribution < 1.29 is 9.53 Å². The van der Waals surface area contributed by atoms with Gasteiger partial charge < -0.3 is 9.64 Å². The molecular weight excluding hydrogens is 276 g/mol. The second kappa shape index (κ2) is 5.92. The molecule has 1 aromatic carbocycles. The first kappa shape index (κ1) is 15.3. The molecular formula is C18H26N2O2. The predicted molar refractivity (Wildman–Crippen MR) is 86.5 cm³/mol. The molecule has 0 spiro atoms. The fourth-order valence-electron chi connectivity index (χ4n) is 3.54. The van der Waals surface area contributed by atoms with E-state index in [4.69, 9.17) is 4.74 Å². The third kappa shape index (κ3) is 3.61. The molecule has 4 nitrogen and oxygen atoms in total. The van der Waals surface area contributed by atoms with Gasteiger partial charge in [0, 0.05) is 32.7 Å². The van der Waals surface area contributed by atoms with Gasteiger partial charge in [0.15, 0.2) is 0 Å². The highest BCUT2D eigenvalue weighted by molar-refractivity contribution is 5.68. The average molecular weight is 302 g/mol. The Bertz CT molecular complexity index is 510. The van der Waals surface area contributed by atoms with Gasteiger partial charge in [-0.1, -0.05) is 30.3 Å². The zero-order chi connectivity index (χ0) is 15.7. The number of likely N-dealkylation sites (tertiary alicyclic amines) is 2. The molecule has 2 fully saturated rings. The number of nitrogens with zero attached hydrogens (tertiary/aromatic N) is 2. The van der Waals surface area contributed by atoms with Crippen LogP contribution in [0.2, 0.25) is 0 Å². The fourth-order valence-corrected chi connectivity index (χ4v) is 3.54. The summed E-state index contributed by atoms with van der Waals surface area (Å²) in [5.41, 5.74) is 0.959. The van der Waals surface area contributed by atoms with Crippen LogP contribution in [0.3, 0.4) is 0 Å². The first-order valence-electron chi connectivity index (χ1n) is 8.15. The third-order valence-corrected chi connectivity index (χ3v) is 4.46. The number of hydrogen-bond donors (Lipinski definition) is 0. The second-order valence-electron chi connectivity index (χ2n) is 7.59. The molecule has 0 bridgehead atoms. The van der Waals surface area contributed by atoms with E-state index in [0.29, 0.717) is 11.8 Å². The van der Waals surface area contributed by atoms with Gasteiger partial charge in [0.25, 0.3) is 0 Å². The van der Waals surface area contributed by atoms with Crippen LogP contribution in [-0.4, -0.2) is 47.7 Å². The summed E-state index contributed by atoms with van der Waals surface area (Å²) in [5.74, 6) is 1.19. The van der Waals surface area contributed by atoms with E-state index in [1.165, 1.54) is 5.56 Å². The van der Waals surface area contributed by atoms with Crippen molar-refractivity contribution in [2.75, 3.05) is 26.2 Å². The Kier molecular flexibility index (Phi) is 4.13. The van der Waals surface area contributed by atoms with E-state index in [0.717, 1.165) is 32.7 Å². The summed E-state index contributed by atoms with van der Waals surface area (Å²) >= 11 is 0. The molecule has 1 aromatic rings. The minimum absolute atomic E-state index is 0.156. The number of fused-ring (bicyclic) bond motifs is 1. The minimum atomic E-state index is -0.409. The maximum atomic E-state index is 12.2. The van der Waals surface area contributed by atoms with Crippen molar-refractivity contribution in [1.82, 2.24) is 9.80 Å². The fraction of sp³-hybridized carbons (Fsp3) is 0.611. The van der Waals surface area contributed by atoms with E-state index in [9.17, 15) is 4.79 Å². The van der Waals surface area contributed by atoms with Gasteiger partial charge in [-0.25, -0.2) is 4.79 Å². The molecule has 3 rings (SSSR count). The lowest BCUT2D eigenvalue weighted by atomic mass is 10.0. The molecule has 120 valence electrons. The maximum Gasteiger partial charge on any atom is 0.410 e. The molecule has 2 heterocycles. The van der Waals surface area contributed by atoms with Gasteiger partial charge in [0.1, 0.15) is 5.60 Å². The molecule has 2 aliphatic heterocycles. The highest BCUT2D eigenvalue weighted by Crippen LogP contribution is 2.32. The van der Waals surface area contributed by atoms with Gasteiger partial charge in [0.05, 0.1) is 0 Å². The van der Waals surface area contributed by atoms with E-state index in [1.54, 1.807) is 0 Å². The maximum absolute atomic E-state index is 12.2. The third-order valence-electron chi connectivity index (χ3n) is 4.46. The number of ether oxygens (including phenoxy) is 1. The summed E-state index contributed by atoms with van der Waals surface area (Å²) in [6.45, 7) is 10.6. The molecule has 0 radical (unpaired) electrons. The summed E-state index contributed by atoms with van der Waals surface area (Å²) in [6.07, 6.45) is -0.156. The first-order chi connectivity index (χ1) is 10.4. The quantitative estimate of drug-likeness (QED) is 0.842. The average Bonchev–Trinajstić information content (AvgIpc) is 2.96. The Hall–Kier alpha value is -1.55. The highest BCUT2D eigenvalue weighted by Gasteiger charge is 2.42. The Morgan fingerprint density at radius 3 is 2.23 bits per heavy atom. The molecule has 22 heavy (non-hydrogen) atoms. The van der Waals surface area contributed by atoms with E-state index in [2.05, 4.69) is 35.2 Å². The van der Waals surface area contributed by atoms with Crippen molar-refractivity contribution in [2.24, 2.45) is 11.8 Å². The van der Waals surface area contributed by atoms with E-state index < -0.39 is 5.60 Å². The summed E-state index contributed by atoms with van der Waals surface area (Å²) in [4.78, 5) is 16.6. The molecule has 1 amide bonds. The van der Waals surface area contributed by atoms with Crippen LogP contribution in [0.15, 0.2) is 30.3 Å². The zero-order valence-electron chi connectivity index (χ0n) is 13.8. The van der Waals surface area contributed by atoms with Gasteiger partial charge in [-0.05, 0) is 38.2 Å². The monoisotopic (exact) mass is 302 g/mol. The van der Waals surface area contributed by atoms with Crippen molar-refractivity contribution in [3.05, 3.63) is 35.9 Å². The van der Waals surface area contributed by atoms with Crippen molar-refractivity contribution in [3.8, 4) is 0 Å². The van der Waals surface area contributed by atoms with E-state index in [1.807, 2.05) is 25.7 Å². The van der Waals surface area contributed by atoms with Crippen LogP contribution in [0, 0.1) is 11.8 Å². The lowest BCUT2D eigenvalue weighted by Gasteiger charge is -2.26. The Morgan fingerprint density at radius 1 is 1.09 bits per heavy atom. The van der Waals surface area contributed by atoms with Crippen molar-refractivity contribution in [2.45, 2.75) is 32.9 Å². The lowest BCUT2D eigenvalue weighted by Crippen LogP contribution is -2.37. The summed E-state index contributed by atoms with van der Waals surface area (Å²) in [6, 6.07) is 10.6. The topological polar surface area (TPSA) is 32.8 Å². The minimum Gasteiger partial charge on any atom is -0.444 e. The first-order valence-corrected chi connectivity index (χ1v) is 8.15. The molecule has 2 saturated heterocycles. The van der Waals surface area contributed by atoms with Gasteiger partial charge in [-0.15, -0.1) is 0 Å². The van der Waals surface area contributed by atoms with Crippen LogP contribution in [0.4, 0.5) is 4.79 Å². The molecule has 0 saturated carbocycles. The SMILES string of the molecule is CC(C)(C)OC(=O)N1C[C@H]2CN(Cc3ccccc3)C[C@@H]2C1. The van der Waals surface area contributed by atoms with Gasteiger partial charge in [0.2, 0.25) is 0 Å². The van der Waals surface area contributed by atoms with Crippen LogP contribution < -0.4 is 0 Å². The standard InChI is InChI=1S/C18H26N2O2/c1-18(2,3)22-17(21)20-12-15-10-19(11-16(15)13-20)9-14-7-5-4-6-8-14/h4-8,15-16H,9-13H2,1-3H3/t15-,16-/m1/s1. The molecule has 2 atom stereocenters. The second-order valence-corrected chi connectivity index (χ2v) is 7.59. The number of amides is 1. The van der Waals surface area contributed by atoms with Crippen molar-refractivity contribution in [1.29, 1.82) is 0 Å². The molecule has 0 aliphatic carbocycles. The van der Waals surface area contributed by atoms with Crippen molar-refractivity contribution >= 4 is 6.09 Å². The number of benzene rings is 1. The molecule has 0 unspecified atom stereocenters. The molecule has 4 heteroatoms. The van der Waals surface area contributed by atoms with E-state index in [-0.39, 0.29) is 6.09 Å². The largest absolute Gasteiger partial charge is 0.444 e. The highest BCUT2D eigenvalue weighted by atomic mass is 16.6. The predicted octanol–water partition coefficient (Wildman–Crippen LogP) is 2.99. The lowest BCUT2D eigenvalue weighted by molar-refractivity contribution is 0.0274. The van der Waals surface area contributed by atoms with Gasteiger partial charge in [-0.2, -0.15) is 0 Å². The number of carbonyl (C=O) groups excluding carboxylic acids is 1. The number of carbonyl (C=O) groups is 1. The molecule has 2 aliphatic rings. The Labute approximate surface area is 133 Å². The summed E-state index contributed by atoms with van der Waals surface area (Å²) in [5, 5.41) is 0. The normalized spacial score (nSPS) is 25.3. The van der Waals surface area contributed by atoms with Crippen molar-refractivity contribution in [3.63, 3.8) is 0 Å². The van der Waals surface area contributed by atoms with Crippen LogP contribution in [0.1, 0.15) is 26.3 Å². The Morgan fingerprint density at radius 2 is 1.68 bits per heavy atom. The smallest absolute Gasteiger partial charge is 0.410 e.